The van der Waals surface area contributed by atoms with Crippen molar-refractivity contribution in [3.63, 3.8) is 0 Å². The highest BCUT2D eigenvalue weighted by Gasteiger charge is 2.30. The molecule has 0 radical (unpaired) electrons. The van der Waals surface area contributed by atoms with Gasteiger partial charge in [0.1, 0.15) is 17.4 Å². The number of nitrogens with zero attached hydrogens (tertiary/aromatic N) is 1. The average molecular weight is 458 g/mol. The number of fused-ring (bicyclic) bond motifs is 1. The molecule has 166 valence electrons. The van der Waals surface area contributed by atoms with E-state index in [1.165, 1.54) is 17.4 Å². The number of aryl methyl sites for hydroxylation is 1. The van der Waals surface area contributed by atoms with E-state index in [2.05, 4.69) is 15.6 Å². The van der Waals surface area contributed by atoms with Crippen molar-refractivity contribution in [3.05, 3.63) is 75.8 Å². The molecular weight excluding hydrogens is 436 g/mol. The number of thiazole rings is 1. The molecule has 1 heterocycles. The minimum atomic E-state index is -0.702. The molecule has 1 aliphatic carbocycles. The second-order valence-corrected chi connectivity index (χ2v) is 8.46. The van der Waals surface area contributed by atoms with E-state index in [-0.39, 0.29) is 23.9 Å². The van der Waals surface area contributed by atoms with E-state index in [1.807, 2.05) is 0 Å². The van der Waals surface area contributed by atoms with Crippen molar-refractivity contribution in [2.75, 3.05) is 12.4 Å². The number of aromatic nitrogens is 1. The zero-order chi connectivity index (χ0) is 22.7. The Kier molecular flexibility index (Phi) is 6.45. The Hall–Kier alpha value is -3.33. The summed E-state index contributed by atoms with van der Waals surface area (Å²) >= 11 is 1.34. The van der Waals surface area contributed by atoms with Gasteiger partial charge in [-0.2, -0.15) is 0 Å². The molecule has 0 saturated heterocycles. The quantitative estimate of drug-likeness (QED) is 0.574. The number of nitrogens with one attached hydrogen (secondary N) is 2. The summed E-state index contributed by atoms with van der Waals surface area (Å²) in [6.07, 6.45) is 2.12. The zero-order valence-electron chi connectivity index (χ0n) is 17.3. The van der Waals surface area contributed by atoms with Crippen LogP contribution in [-0.2, 0) is 17.8 Å². The third kappa shape index (κ3) is 4.62. The van der Waals surface area contributed by atoms with Crippen molar-refractivity contribution in [2.24, 2.45) is 0 Å². The summed E-state index contributed by atoms with van der Waals surface area (Å²) in [5.41, 5.74) is 0.889. The summed E-state index contributed by atoms with van der Waals surface area (Å²) in [6, 6.07) is 10.3. The molecule has 0 fully saturated rings. The van der Waals surface area contributed by atoms with Crippen molar-refractivity contribution in [2.45, 2.75) is 31.7 Å². The summed E-state index contributed by atoms with van der Waals surface area (Å²) < 4.78 is 32.8. The highest BCUT2D eigenvalue weighted by molar-refractivity contribution is 7.16. The highest BCUT2D eigenvalue weighted by atomic mass is 32.1. The minimum Gasteiger partial charge on any atom is -0.497 e. The second-order valence-electron chi connectivity index (χ2n) is 7.37. The molecule has 1 atom stereocenters. The molecule has 32 heavy (non-hydrogen) atoms. The number of ether oxygens (including phenoxy) is 1. The van der Waals surface area contributed by atoms with E-state index < -0.39 is 17.6 Å². The van der Waals surface area contributed by atoms with Gasteiger partial charge in [0.25, 0.3) is 5.91 Å². The van der Waals surface area contributed by atoms with Gasteiger partial charge in [0.05, 0.1) is 18.7 Å². The van der Waals surface area contributed by atoms with Crippen LogP contribution in [0.15, 0.2) is 42.5 Å². The van der Waals surface area contributed by atoms with Gasteiger partial charge in [-0.05, 0) is 55.7 Å². The van der Waals surface area contributed by atoms with Crippen molar-refractivity contribution < 1.29 is 23.1 Å². The summed E-state index contributed by atoms with van der Waals surface area (Å²) in [5, 5.41) is 5.82. The van der Waals surface area contributed by atoms with Crippen LogP contribution in [0.1, 0.15) is 45.3 Å². The van der Waals surface area contributed by atoms with Crippen LogP contribution >= 0.6 is 11.3 Å². The Morgan fingerprint density at radius 2 is 1.88 bits per heavy atom. The molecule has 4 rings (SSSR count). The molecule has 1 aromatic heterocycles. The number of anilines is 1. The van der Waals surface area contributed by atoms with Crippen LogP contribution < -0.4 is 15.4 Å². The molecule has 2 N–H and O–H groups in total. The van der Waals surface area contributed by atoms with Crippen LogP contribution in [0.5, 0.6) is 5.75 Å². The third-order valence-electron chi connectivity index (χ3n) is 5.34. The lowest BCUT2D eigenvalue weighted by Crippen LogP contribution is -2.31. The Morgan fingerprint density at radius 1 is 1.16 bits per heavy atom. The third-order valence-corrected chi connectivity index (χ3v) is 6.39. The summed E-state index contributed by atoms with van der Waals surface area (Å²) in [5.74, 6) is -1.94. The first-order valence-corrected chi connectivity index (χ1v) is 10.9. The summed E-state index contributed by atoms with van der Waals surface area (Å²) in [6.45, 7) is -0.242. The lowest BCUT2D eigenvalue weighted by atomic mass is 9.90. The van der Waals surface area contributed by atoms with E-state index in [0.717, 1.165) is 29.9 Å². The zero-order valence-corrected chi connectivity index (χ0v) is 18.1. The minimum absolute atomic E-state index is 0.178. The standard InChI is InChI=1S/C23H21F2N3O3S/c1-31-14-10-8-13(9-11-14)21(29)28-23-27-20-15(4-2-7-19(20)32-23)22(30)26-12-16-17(24)5-3-6-18(16)25/h3,5-6,8-11,15H,2,4,7,12H2,1H3,(H,26,30)(H,27,28,29). The molecule has 2 aromatic carbocycles. The molecular formula is C23H21F2N3O3S. The largest absolute Gasteiger partial charge is 0.497 e. The van der Waals surface area contributed by atoms with E-state index in [0.29, 0.717) is 28.6 Å². The topological polar surface area (TPSA) is 80.3 Å². The second kappa shape index (κ2) is 9.44. The lowest BCUT2D eigenvalue weighted by Gasteiger charge is -2.20. The molecule has 0 aliphatic heterocycles. The van der Waals surface area contributed by atoms with Crippen molar-refractivity contribution in [1.29, 1.82) is 0 Å². The monoisotopic (exact) mass is 457 g/mol. The first kappa shape index (κ1) is 21.9. The van der Waals surface area contributed by atoms with Gasteiger partial charge in [-0.25, -0.2) is 13.8 Å². The van der Waals surface area contributed by atoms with Gasteiger partial charge in [-0.15, -0.1) is 11.3 Å². The SMILES string of the molecule is COc1ccc(C(=O)Nc2nc3c(s2)CCCC3C(=O)NCc2c(F)cccc2F)cc1. The molecule has 6 nitrogen and oxygen atoms in total. The first-order valence-electron chi connectivity index (χ1n) is 10.1. The highest BCUT2D eigenvalue weighted by Crippen LogP contribution is 2.37. The van der Waals surface area contributed by atoms with Gasteiger partial charge < -0.3 is 10.1 Å². The van der Waals surface area contributed by atoms with Gasteiger partial charge in [0.2, 0.25) is 5.91 Å². The van der Waals surface area contributed by atoms with Crippen molar-refractivity contribution in [3.8, 4) is 5.75 Å². The van der Waals surface area contributed by atoms with E-state index in [9.17, 15) is 18.4 Å². The van der Waals surface area contributed by atoms with Gasteiger partial charge in [-0.3, -0.25) is 14.9 Å². The Balaban J connectivity index is 1.45. The van der Waals surface area contributed by atoms with Crippen molar-refractivity contribution >= 4 is 28.3 Å². The maximum Gasteiger partial charge on any atom is 0.257 e. The molecule has 1 unspecified atom stereocenters. The van der Waals surface area contributed by atoms with Gasteiger partial charge in [0, 0.05) is 22.5 Å². The molecule has 0 spiro atoms. The maximum absolute atomic E-state index is 13.8. The van der Waals surface area contributed by atoms with Crippen LogP contribution in [-0.4, -0.2) is 23.9 Å². The maximum atomic E-state index is 13.8. The summed E-state index contributed by atoms with van der Waals surface area (Å²) in [4.78, 5) is 30.7. The first-order chi connectivity index (χ1) is 15.5. The predicted molar refractivity (Wildman–Crippen MR) is 117 cm³/mol. The number of carbonyl (C=O) groups is 2. The Morgan fingerprint density at radius 3 is 2.56 bits per heavy atom. The van der Waals surface area contributed by atoms with Gasteiger partial charge >= 0.3 is 0 Å². The van der Waals surface area contributed by atoms with E-state index in [4.69, 9.17) is 4.74 Å². The number of methoxy groups -OCH3 is 1. The molecule has 9 heteroatoms. The molecule has 3 aromatic rings. The van der Waals surface area contributed by atoms with E-state index >= 15 is 0 Å². The van der Waals surface area contributed by atoms with Gasteiger partial charge in [0.15, 0.2) is 5.13 Å². The fourth-order valence-electron chi connectivity index (χ4n) is 3.64. The van der Waals surface area contributed by atoms with Crippen LogP contribution in [0, 0.1) is 11.6 Å². The number of hydrogen-bond acceptors (Lipinski definition) is 5. The Labute approximate surface area is 187 Å². The van der Waals surface area contributed by atoms with Crippen LogP contribution in [0.4, 0.5) is 13.9 Å². The number of benzene rings is 2. The number of rotatable bonds is 6. The normalized spacial score (nSPS) is 15.0. The lowest BCUT2D eigenvalue weighted by molar-refractivity contribution is -0.123. The van der Waals surface area contributed by atoms with Crippen LogP contribution in [0.25, 0.3) is 0 Å². The number of hydrogen-bond donors (Lipinski definition) is 2. The van der Waals surface area contributed by atoms with E-state index in [1.54, 1.807) is 31.4 Å². The van der Waals surface area contributed by atoms with Gasteiger partial charge in [-0.1, -0.05) is 6.07 Å². The predicted octanol–water partition coefficient (Wildman–Crippen LogP) is 4.42. The number of halogens is 2. The molecule has 1 aliphatic rings. The average Bonchev–Trinajstić information content (AvgIpc) is 3.21. The number of carbonyl (C=O) groups excluding carboxylic acids is 2. The smallest absolute Gasteiger partial charge is 0.257 e. The molecule has 2 amide bonds. The van der Waals surface area contributed by atoms with Crippen LogP contribution in [0.2, 0.25) is 0 Å². The van der Waals surface area contributed by atoms with Crippen molar-refractivity contribution in [1.82, 2.24) is 10.3 Å². The number of amides is 2. The molecule has 0 saturated carbocycles. The fraction of sp³-hybridized carbons (Fsp3) is 0.261. The van der Waals surface area contributed by atoms with Crippen LogP contribution in [0.3, 0.4) is 0 Å². The summed E-state index contributed by atoms with van der Waals surface area (Å²) in [7, 11) is 1.55. The Bertz CT molecular complexity index is 1130. The molecule has 0 bridgehead atoms. The fourth-order valence-corrected chi connectivity index (χ4v) is 4.70.